The van der Waals surface area contributed by atoms with Crippen LogP contribution in [0.4, 0.5) is 0 Å². The van der Waals surface area contributed by atoms with Gasteiger partial charge in [0.2, 0.25) is 0 Å². The maximum absolute atomic E-state index is 11.2. The van der Waals surface area contributed by atoms with Gasteiger partial charge in [-0.15, -0.1) is 11.8 Å². The molecule has 0 saturated heterocycles. The van der Waals surface area contributed by atoms with Crippen LogP contribution in [0.15, 0.2) is 29.2 Å². The van der Waals surface area contributed by atoms with Crippen LogP contribution >= 0.6 is 11.8 Å². The lowest BCUT2D eigenvalue weighted by atomic mass is 10.0. The van der Waals surface area contributed by atoms with Crippen LogP contribution in [-0.2, 0) is 0 Å². The molecule has 2 nitrogen and oxygen atoms in total. The molecule has 0 unspecified atom stereocenters. The molecule has 0 atom stereocenters. The van der Waals surface area contributed by atoms with Crippen molar-refractivity contribution in [2.75, 3.05) is 0 Å². The van der Waals surface area contributed by atoms with Crippen LogP contribution in [0.25, 0.3) is 0 Å². The van der Waals surface area contributed by atoms with Gasteiger partial charge in [-0.05, 0) is 50.2 Å². The van der Waals surface area contributed by atoms with Gasteiger partial charge in [-0.2, -0.15) is 0 Å². The van der Waals surface area contributed by atoms with E-state index in [1.165, 1.54) is 32.1 Å². The molecule has 3 heteroatoms. The highest BCUT2D eigenvalue weighted by Crippen LogP contribution is 2.57. The van der Waals surface area contributed by atoms with Crippen molar-refractivity contribution in [2.24, 2.45) is 5.92 Å². The third-order valence-electron chi connectivity index (χ3n) is 4.12. The summed E-state index contributed by atoms with van der Waals surface area (Å²) in [6, 6.07) is 7.40. The predicted molar refractivity (Wildman–Crippen MR) is 68.6 cm³/mol. The van der Waals surface area contributed by atoms with Crippen LogP contribution in [0.1, 0.15) is 42.5 Å². The molecule has 0 aromatic heterocycles. The molecular weight excluding hydrogens is 232 g/mol. The Morgan fingerprint density at radius 3 is 2.59 bits per heavy atom. The lowest BCUT2D eigenvalue weighted by Crippen LogP contribution is -2.17. The second-order valence-corrected chi connectivity index (χ2v) is 6.74. The maximum Gasteiger partial charge on any atom is 0.336 e. The molecule has 2 bridgehead atoms. The molecule has 1 aromatic carbocycles. The van der Waals surface area contributed by atoms with Gasteiger partial charge in [0.15, 0.2) is 0 Å². The number of rotatable bonds is 3. The first-order valence-electron chi connectivity index (χ1n) is 6.20. The summed E-state index contributed by atoms with van der Waals surface area (Å²) in [4.78, 5) is 12.1. The van der Waals surface area contributed by atoms with Gasteiger partial charge >= 0.3 is 5.97 Å². The summed E-state index contributed by atoms with van der Waals surface area (Å²) in [6.45, 7) is 0. The first-order valence-corrected chi connectivity index (χ1v) is 7.02. The average Bonchev–Trinajstić information content (AvgIpc) is 2.89. The van der Waals surface area contributed by atoms with Crippen molar-refractivity contribution in [1.82, 2.24) is 0 Å². The Labute approximate surface area is 105 Å². The first-order chi connectivity index (χ1) is 8.19. The highest BCUT2D eigenvalue weighted by Gasteiger charge is 2.45. The molecule has 0 heterocycles. The minimum Gasteiger partial charge on any atom is -0.478 e. The monoisotopic (exact) mass is 248 g/mol. The predicted octanol–water partition coefficient (Wildman–Crippen LogP) is 3.81. The SMILES string of the molecule is O=C(O)c1ccccc1SC12CCC(CC1)C2. The fraction of sp³-hybridized carbons (Fsp3) is 0.500. The van der Waals surface area contributed by atoms with Crippen molar-refractivity contribution in [3.63, 3.8) is 0 Å². The Hall–Kier alpha value is -0.960. The van der Waals surface area contributed by atoms with Crippen molar-refractivity contribution < 1.29 is 9.90 Å². The number of fused-ring (bicyclic) bond motifs is 2. The van der Waals surface area contributed by atoms with Crippen LogP contribution in [0.3, 0.4) is 0 Å². The van der Waals surface area contributed by atoms with E-state index in [9.17, 15) is 9.90 Å². The summed E-state index contributed by atoms with van der Waals surface area (Å²) in [7, 11) is 0. The average molecular weight is 248 g/mol. The molecule has 1 aromatic rings. The quantitative estimate of drug-likeness (QED) is 0.883. The van der Waals surface area contributed by atoms with Crippen molar-refractivity contribution in [3.05, 3.63) is 29.8 Å². The number of aromatic carboxylic acids is 1. The Bertz CT molecular complexity index is 447. The zero-order valence-electron chi connectivity index (χ0n) is 9.69. The highest BCUT2D eigenvalue weighted by atomic mass is 32.2. The molecule has 0 spiro atoms. The highest BCUT2D eigenvalue weighted by molar-refractivity contribution is 8.00. The second kappa shape index (κ2) is 4.05. The standard InChI is InChI=1S/C14H16O2S/c15-13(16)11-3-1-2-4-12(11)17-14-7-5-10(9-14)6-8-14/h1-4,10H,5-9H2,(H,15,16). The minimum absolute atomic E-state index is 0.343. The van der Waals surface area contributed by atoms with Crippen molar-refractivity contribution >= 4 is 17.7 Å². The molecule has 2 fully saturated rings. The van der Waals surface area contributed by atoms with Gasteiger partial charge < -0.3 is 5.11 Å². The summed E-state index contributed by atoms with van der Waals surface area (Å²) in [5.74, 6) is 0.0940. The van der Waals surface area contributed by atoms with Crippen LogP contribution in [0, 0.1) is 5.92 Å². The molecule has 90 valence electrons. The van der Waals surface area contributed by atoms with E-state index in [1.807, 2.05) is 23.9 Å². The Morgan fingerprint density at radius 2 is 2.00 bits per heavy atom. The fourth-order valence-corrected chi connectivity index (χ4v) is 4.88. The van der Waals surface area contributed by atoms with Crippen LogP contribution in [0.2, 0.25) is 0 Å². The molecule has 0 radical (unpaired) electrons. The zero-order chi connectivity index (χ0) is 11.9. The minimum atomic E-state index is -0.808. The molecule has 1 N–H and O–H groups in total. The van der Waals surface area contributed by atoms with E-state index in [0.29, 0.717) is 10.3 Å². The first kappa shape index (κ1) is 11.1. The summed E-state index contributed by atoms with van der Waals surface area (Å²) in [6.07, 6.45) is 6.47. The van der Waals surface area contributed by atoms with Crippen LogP contribution in [0.5, 0.6) is 0 Å². The third-order valence-corrected chi connectivity index (χ3v) is 5.70. The Kier molecular flexibility index (Phi) is 2.66. The number of carboxylic acids is 1. The molecule has 2 aliphatic carbocycles. The molecule has 0 amide bonds. The zero-order valence-corrected chi connectivity index (χ0v) is 10.5. The van der Waals surface area contributed by atoms with Crippen molar-refractivity contribution in [1.29, 1.82) is 0 Å². The molecule has 0 aliphatic heterocycles. The number of carbonyl (C=O) groups is 1. The summed E-state index contributed by atoms with van der Waals surface area (Å²) >= 11 is 1.81. The number of benzene rings is 1. The topological polar surface area (TPSA) is 37.3 Å². The second-order valence-electron chi connectivity index (χ2n) is 5.23. The largest absolute Gasteiger partial charge is 0.478 e. The maximum atomic E-state index is 11.2. The number of carboxylic acid groups (broad SMARTS) is 1. The van der Waals surface area contributed by atoms with Gasteiger partial charge in [-0.25, -0.2) is 4.79 Å². The smallest absolute Gasteiger partial charge is 0.336 e. The molecule has 2 saturated carbocycles. The van der Waals surface area contributed by atoms with Gasteiger partial charge in [0.05, 0.1) is 5.56 Å². The van der Waals surface area contributed by atoms with E-state index >= 15 is 0 Å². The Balaban J connectivity index is 1.88. The molecule has 3 rings (SSSR count). The van der Waals surface area contributed by atoms with Gasteiger partial charge in [-0.3, -0.25) is 0 Å². The summed E-state index contributed by atoms with van der Waals surface area (Å²) < 4.78 is 0.343. The molecule has 2 aliphatic rings. The molecular formula is C14H16O2S. The Morgan fingerprint density at radius 1 is 1.29 bits per heavy atom. The van der Waals surface area contributed by atoms with E-state index in [0.717, 1.165) is 10.8 Å². The lowest BCUT2D eigenvalue weighted by Gasteiger charge is -2.26. The van der Waals surface area contributed by atoms with E-state index in [1.54, 1.807) is 12.1 Å². The number of hydrogen-bond donors (Lipinski definition) is 1. The van der Waals surface area contributed by atoms with Gasteiger partial charge in [0.25, 0.3) is 0 Å². The fourth-order valence-electron chi connectivity index (χ4n) is 3.25. The lowest BCUT2D eigenvalue weighted by molar-refractivity contribution is 0.0693. The van der Waals surface area contributed by atoms with Gasteiger partial charge in [-0.1, -0.05) is 12.1 Å². The van der Waals surface area contributed by atoms with Crippen molar-refractivity contribution in [3.8, 4) is 0 Å². The van der Waals surface area contributed by atoms with E-state index in [4.69, 9.17) is 0 Å². The van der Waals surface area contributed by atoms with Gasteiger partial charge in [0.1, 0.15) is 0 Å². The number of thioether (sulfide) groups is 1. The summed E-state index contributed by atoms with van der Waals surface area (Å²) in [5.41, 5.74) is 0.460. The summed E-state index contributed by atoms with van der Waals surface area (Å²) in [5, 5.41) is 9.19. The van der Waals surface area contributed by atoms with Crippen LogP contribution < -0.4 is 0 Å². The molecule has 17 heavy (non-hydrogen) atoms. The van der Waals surface area contributed by atoms with E-state index in [-0.39, 0.29) is 0 Å². The van der Waals surface area contributed by atoms with E-state index < -0.39 is 5.97 Å². The third kappa shape index (κ3) is 1.97. The van der Waals surface area contributed by atoms with Gasteiger partial charge in [0, 0.05) is 9.64 Å². The van der Waals surface area contributed by atoms with E-state index in [2.05, 4.69) is 0 Å². The van der Waals surface area contributed by atoms with Crippen LogP contribution in [-0.4, -0.2) is 15.8 Å². The number of hydrogen-bond acceptors (Lipinski definition) is 2. The normalized spacial score (nSPS) is 30.7. The van der Waals surface area contributed by atoms with Crippen molar-refractivity contribution in [2.45, 2.75) is 41.7 Å².